The van der Waals surface area contributed by atoms with Crippen molar-refractivity contribution in [2.24, 2.45) is 0 Å². The van der Waals surface area contributed by atoms with Gasteiger partial charge in [0.15, 0.2) is 5.75 Å². The standard InChI is InChI=1S/C13H14N2O2/c1-9-3-5-11(14)12(7-9)17-13-6-4-10(16-2)8-15-13/h3-8H,14H2,1-2H3. The first-order valence-corrected chi connectivity index (χ1v) is 5.23. The fraction of sp³-hybridized carbons (Fsp3) is 0.154. The minimum Gasteiger partial charge on any atom is -0.495 e. The third kappa shape index (κ3) is 2.66. The number of nitrogens with two attached hydrogens (primary N) is 1. The summed E-state index contributed by atoms with van der Waals surface area (Å²) < 4.78 is 10.6. The lowest BCUT2D eigenvalue weighted by Crippen LogP contribution is -1.94. The molecule has 17 heavy (non-hydrogen) atoms. The highest BCUT2D eigenvalue weighted by atomic mass is 16.5. The second-order valence-corrected chi connectivity index (χ2v) is 3.68. The normalized spacial score (nSPS) is 10.0. The molecule has 1 aromatic carbocycles. The highest BCUT2D eigenvalue weighted by Gasteiger charge is 2.03. The van der Waals surface area contributed by atoms with Crippen molar-refractivity contribution in [3.63, 3.8) is 0 Å². The van der Waals surface area contributed by atoms with E-state index in [1.807, 2.05) is 25.1 Å². The number of aryl methyl sites for hydroxylation is 1. The maximum Gasteiger partial charge on any atom is 0.219 e. The molecule has 0 radical (unpaired) electrons. The van der Waals surface area contributed by atoms with Crippen LogP contribution in [0.5, 0.6) is 17.4 Å². The Morgan fingerprint density at radius 2 is 2.00 bits per heavy atom. The highest BCUT2D eigenvalue weighted by Crippen LogP contribution is 2.27. The van der Waals surface area contributed by atoms with Crippen LogP contribution in [0.2, 0.25) is 0 Å². The molecule has 1 aromatic heterocycles. The second-order valence-electron chi connectivity index (χ2n) is 3.68. The van der Waals surface area contributed by atoms with Crippen molar-refractivity contribution in [1.82, 2.24) is 4.98 Å². The topological polar surface area (TPSA) is 57.4 Å². The van der Waals surface area contributed by atoms with Crippen LogP contribution in [-0.2, 0) is 0 Å². The summed E-state index contributed by atoms with van der Waals surface area (Å²) in [5.74, 6) is 1.79. The zero-order valence-corrected chi connectivity index (χ0v) is 9.81. The van der Waals surface area contributed by atoms with Gasteiger partial charge in [-0.1, -0.05) is 6.07 Å². The van der Waals surface area contributed by atoms with E-state index in [1.54, 1.807) is 25.4 Å². The SMILES string of the molecule is COc1ccc(Oc2cc(C)ccc2N)nc1. The van der Waals surface area contributed by atoms with Crippen LogP contribution in [0, 0.1) is 6.92 Å². The molecule has 0 saturated heterocycles. The summed E-state index contributed by atoms with van der Waals surface area (Å²) in [6.45, 7) is 1.98. The number of hydrogen-bond acceptors (Lipinski definition) is 4. The summed E-state index contributed by atoms with van der Waals surface area (Å²) in [7, 11) is 1.59. The van der Waals surface area contributed by atoms with E-state index in [9.17, 15) is 0 Å². The Balaban J connectivity index is 2.22. The van der Waals surface area contributed by atoms with Crippen LogP contribution in [0.1, 0.15) is 5.56 Å². The highest BCUT2D eigenvalue weighted by molar-refractivity contribution is 5.54. The van der Waals surface area contributed by atoms with Crippen LogP contribution < -0.4 is 15.2 Å². The van der Waals surface area contributed by atoms with Crippen molar-refractivity contribution in [2.45, 2.75) is 6.92 Å². The fourth-order valence-electron chi connectivity index (χ4n) is 1.39. The van der Waals surface area contributed by atoms with E-state index in [0.717, 1.165) is 5.56 Å². The van der Waals surface area contributed by atoms with E-state index in [0.29, 0.717) is 23.1 Å². The zero-order chi connectivity index (χ0) is 12.3. The van der Waals surface area contributed by atoms with Crippen molar-refractivity contribution < 1.29 is 9.47 Å². The number of rotatable bonds is 3. The molecule has 0 unspecified atom stereocenters. The Kier molecular flexibility index (Phi) is 3.14. The summed E-state index contributed by atoms with van der Waals surface area (Å²) in [5, 5.41) is 0. The molecule has 1 heterocycles. The van der Waals surface area contributed by atoms with E-state index in [4.69, 9.17) is 15.2 Å². The van der Waals surface area contributed by atoms with Gasteiger partial charge >= 0.3 is 0 Å². The Bertz CT molecular complexity index is 509. The molecule has 0 spiro atoms. The lowest BCUT2D eigenvalue weighted by atomic mass is 10.2. The van der Waals surface area contributed by atoms with Crippen molar-refractivity contribution in [3.05, 3.63) is 42.1 Å². The minimum absolute atomic E-state index is 0.489. The Labute approximate surface area is 100 Å². The predicted molar refractivity (Wildman–Crippen MR) is 66.5 cm³/mol. The summed E-state index contributed by atoms with van der Waals surface area (Å²) in [4.78, 5) is 4.11. The van der Waals surface area contributed by atoms with Gasteiger partial charge in [0.1, 0.15) is 5.75 Å². The van der Waals surface area contributed by atoms with E-state index >= 15 is 0 Å². The first-order valence-electron chi connectivity index (χ1n) is 5.23. The fourth-order valence-corrected chi connectivity index (χ4v) is 1.39. The molecule has 2 N–H and O–H groups in total. The smallest absolute Gasteiger partial charge is 0.219 e. The van der Waals surface area contributed by atoms with E-state index in [2.05, 4.69) is 4.98 Å². The maximum absolute atomic E-state index is 5.82. The van der Waals surface area contributed by atoms with Crippen LogP contribution in [0.15, 0.2) is 36.5 Å². The van der Waals surface area contributed by atoms with Gasteiger partial charge in [0.05, 0.1) is 19.0 Å². The number of aromatic nitrogens is 1. The average molecular weight is 230 g/mol. The number of methoxy groups -OCH3 is 1. The number of benzene rings is 1. The van der Waals surface area contributed by atoms with Crippen molar-refractivity contribution in [1.29, 1.82) is 0 Å². The average Bonchev–Trinajstić information content (AvgIpc) is 2.35. The molecule has 0 bridgehead atoms. The quantitative estimate of drug-likeness (QED) is 0.824. The monoisotopic (exact) mass is 230 g/mol. The lowest BCUT2D eigenvalue weighted by Gasteiger charge is -2.08. The van der Waals surface area contributed by atoms with Gasteiger partial charge in [-0.25, -0.2) is 4.98 Å². The predicted octanol–water partition coefficient (Wildman–Crippen LogP) is 2.77. The second kappa shape index (κ2) is 4.74. The third-order valence-electron chi connectivity index (χ3n) is 2.33. The molecule has 4 nitrogen and oxygen atoms in total. The van der Waals surface area contributed by atoms with Crippen LogP contribution in [0.3, 0.4) is 0 Å². The van der Waals surface area contributed by atoms with Crippen LogP contribution in [0.4, 0.5) is 5.69 Å². The van der Waals surface area contributed by atoms with Gasteiger partial charge in [0, 0.05) is 6.07 Å². The third-order valence-corrected chi connectivity index (χ3v) is 2.33. The molecule has 0 atom stereocenters. The molecule has 0 saturated carbocycles. The van der Waals surface area contributed by atoms with Gasteiger partial charge < -0.3 is 15.2 Å². The molecule has 0 aliphatic rings. The number of nitrogens with zero attached hydrogens (tertiary/aromatic N) is 1. The van der Waals surface area contributed by atoms with Crippen molar-refractivity contribution in [3.8, 4) is 17.4 Å². The molecule has 0 amide bonds. The van der Waals surface area contributed by atoms with Gasteiger partial charge in [0.25, 0.3) is 0 Å². The summed E-state index contributed by atoms with van der Waals surface area (Å²) in [5.41, 5.74) is 7.49. The van der Waals surface area contributed by atoms with Crippen LogP contribution in [0.25, 0.3) is 0 Å². The molecule has 0 fully saturated rings. The summed E-state index contributed by atoms with van der Waals surface area (Å²) in [6, 6.07) is 9.15. The molecule has 2 rings (SSSR count). The molecule has 2 aromatic rings. The number of hydrogen-bond donors (Lipinski definition) is 1. The van der Waals surface area contributed by atoms with Gasteiger partial charge in [-0.2, -0.15) is 0 Å². The van der Waals surface area contributed by atoms with Gasteiger partial charge in [-0.3, -0.25) is 0 Å². The molecule has 0 aliphatic carbocycles. The van der Waals surface area contributed by atoms with Gasteiger partial charge in [0.2, 0.25) is 5.88 Å². The molecular weight excluding hydrogens is 216 g/mol. The number of nitrogen functional groups attached to an aromatic ring is 1. The molecule has 4 heteroatoms. The zero-order valence-electron chi connectivity index (χ0n) is 9.81. The first-order chi connectivity index (χ1) is 8.19. The van der Waals surface area contributed by atoms with Gasteiger partial charge in [-0.05, 0) is 30.7 Å². The Hall–Kier alpha value is -2.23. The largest absolute Gasteiger partial charge is 0.495 e. The Morgan fingerprint density at radius 1 is 1.18 bits per heavy atom. The molecular formula is C13H14N2O2. The molecule has 88 valence electrons. The van der Waals surface area contributed by atoms with E-state index < -0.39 is 0 Å². The number of pyridine rings is 1. The summed E-state index contributed by atoms with van der Waals surface area (Å²) in [6.07, 6.45) is 1.60. The van der Waals surface area contributed by atoms with Crippen LogP contribution >= 0.6 is 0 Å². The van der Waals surface area contributed by atoms with Crippen molar-refractivity contribution in [2.75, 3.05) is 12.8 Å². The van der Waals surface area contributed by atoms with Gasteiger partial charge in [-0.15, -0.1) is 0 Å². The molecule has 0 aliphatic heterocycles. The first kappa shape index (κ1) is 11.3. The number of ether oxygens (including phenoxy) is 2. The number of anilines is 1. The Morgan fingerprint density at radius 3 is 2.65 bits per heavy atom. The summed E-state index contributed by atoms with van der Waals surface area (Å²) >= 11 is 0. The van der Waals surface area contributed by atoms with E-state index in [1.165, 1.54) is 0 Å². The maximum atomic E-state index is 5.82. The van der Waals surface area contributed by atoms with Crippen molar-refractivity contribution >= 4 is 5.69 Å². The lowest BCUT2D eigenvalue weighted by molar-refractivity contribution is 0.408. The minimum atomic E-state index is 0.489. The van der Waals surface area contributed by atoms with E-state index in [-0.39, 0.29) is 0 Å². The van der Waals surface area contributed by atoms with Crippen LogP contribution in [-0.4, -0.2) is 12.1 Å².